The van der Waals surface area contributed by atoms with Crippen LogP contribution < -0.4 is 10.2 Å². The highest BCUT2D eigenvalue weighted by Crippen LogP contribution is 2.37. The zero-order valence-electron chi connectivity index (χ0n) is 18.0. The van der Waals surface area contributed by atoms with Crippen molar-refractivity contribution in [2.24, 2.45) is 0 Å². The molecule has 164 valence electrons. The van der Waals surface area contributed by atoms with Crippen LogP contribution in [0, 0.1) is 0 Å². The lowest BCUT2D eigenvalue weighted by Gasteiger charge is -2.30. The van der Waals surface area contributed by atoms with Gasteiger partial charge in [0.1, 0.15) is 12.6 Å². The van der Waals surface area contributed by atoms with E-state index in [1.54, 1.807) is 25.1 Å². The Hall–Kier alpha value is -3.38. The van der Waals surface area contributed by atoms with Gasteiger partial charge in [-0.05, 0) is 49.1 Å². The highest BCUT2D eigenvalue weighted by molar-refractivity contribution is 6.30. The normalized spacial score (nSPS) is 13.3. The maximum Gasteiger partial charge on any atom is 0.259 e. The molecular formula is C25H24ClN3O3. The molecule has 3 amide bonds. The van der Waals surface area contributed by atoms with Gasteiger partial charge < -0.3 is 10.2 Å². The second-order valence-corrected chi connectivity index (χ2v) is 8.23. The van der Waals surface area contributed by atoms with Gasteiger partial charge in [-0.2, -0.15) is 0 Å². The van der Waals surface area contributed by atoms with Crippen LogP contribution >= 0.6 is 11.6 Å². The lowest BCUT2D eigenvalue weighted by molar-refractivity contribution is -0.139. The number of amides is 3. The molecule has 0 aromatic heterocycles. The molecule has 3 aromatic carbocycles. The second kappa shape index (κ2) is 9.01. The first kappa shape index (κ1) is 21.8. The molecule has 0 spiro atoms. The standard InChI is InChI=1S/C25H24ClN3O3/c1-3-27-24(31)16(2)28(14-17-10-12-19(26)13-11-17)22(30)15-29-21-9-5-7-18-6-4-8-20(23(18)21)25(29)32/h4-13,16H,3,14-15H2,1-2H3,(H,27,31)/t16-/m1/s1. The van der Waals surface area contributed by atoms with Gasteiger partial charge in [0.15, 0.2) is 0 Å². The minimum Gasteiger partial charge on any atom is -0.355 e. The molecule has 1 atom stereocenters. The monoisotopic (exact) mass is 449 g/mol. The minimum atomic E-state index is -0.700. The van der Waals surface area contributed by atoms with Crippen molar-refractivity contribution in [2.75, 3.05) is 18.0 Å². The number of hydrogen-bond donors (Lipinski definition) is 1. The summed E-state index contributed by atoms with van der Waals surface area (Å²) >= 11 is 5.99. The van der Waals surface area contributed by atoms with Crippen LogP contribution in [0.25, 0.3) is 10.8 Å². The van der Waals surface area contributed by atoms with E-state index in [1.165, 1.54) is 9.80 Å². The molecule has 32 heavy (non-hydrogen) atoms. The first-order valence-electron chi connectivity index (χ1n) is 10.6. The second-order valence-electron chi connectivity index (χ2n) is 7.79. The lowest BCUT2D eigenvalue weighted by atomic mass is 10.1. The van der Waals surface area contributed by atoms with Gasteiger partial charge in [0, 0.05) is 29.1 Å². The average Bonchev–Trinajstić information content (AvgIpc) is 3.06. The first-order valence-corrected chi connectivity index (χ1v) is 10.9. The fourth-order valence-corrected chi connectivity index (χ4v) is 4.18. The van der Waals surface area contributed by atoms with E-state index < -0.39 is 6.04 Å². The summed E-state index contributed by atoms with van der Waals surface area (Å²) in [5.41, 5.74) is 2.15. The summed E-state index contributed by atoms with van der Waals surface area (Å²) in [7, 11) is 0. The van der Waals surface area contributed by atoms with E-state index in [9.17, 15) is 14.4 Å². The van der Waals surface area contributed by atoms with Crippen LogP contribution in [-0.4, -0.2) is 41.8 Å². The molecule has 1 aliphatic heterocycles. The Balaban J connectivity index is 1.62. The third-order valence-corrected chi connectivity index (χ3v) is 5.98. The van der Waals surface area contributed by atoms with Crippen molar-refractivity contribution < 1.29 is 14.4 Å². The summed E-state index contributed by atoms with van der Waals surface area (Å²) in [5.74, 6) is -0.757. The van der Waals surface area contributed by atoms with E-state index in [2.05, 4.69) is 5.32 Å². The van der Waals surface area contributed by atoms with Gasteiger partial charge in [0.05, 0.1) is 5.69 Å². The van der Waals surface area contributed by atoms with E-state index in [1.807, 2.05) is 49.4 Å². The Labute approximate surface area is 191 Å². The molecule has 6 nitrogen and oxygen atoms in total. The van der Waals surface area contributed by atoms with Gasteiger partial charge in [0.25, 0.3) is 5.91 Å². The van der Waals surface area contributed by atoms with Crippen LogP contribution in [0.4, 0.5) is 5.69 Å². The Morgan fingerprint density at radius 3 is 2.44 bits per heavy atom. The van der Waals surface area contributed by atoms with Crippen LogP contribution in [0.3, 0.4) is 0 Å². The third kappa shape index (κ3) is 4.06. The Morgan fingerprint density at radius 1 is 1.06 bits per heavy atom. The molecule has 0 saturated carbocycles. The molecule has 3 aromatic rings. The maximum absolute atomic E-state index is 13.5. The number of hydrogen-bond acceptors (Lipinski definition) is 3. The van der Waals surface area contributed by atoms with E-state index in [0.29, 0.717) is 22.8 Å². The number of nitrogens with one attached hydrogen (secondary N) is 1. The number of nitrogens with zero attached hydrogens (tertiary/aromatic N) is 2. The van der Waals surface area contributed by atoms with Gasteiger partial charge in [-0.25, -0.2) is 0 Å². The summed E-state index contributed by atoms with van der Waals surface area (Å²) < 4.78 is 0. The number of benzene rings is 3. The Morgan fingerprint density at radius 2 is 1.75 bits per heavy atom. The van der Waals surface area contributed by atoms with Crippen molar-refractivity contribution in [1.29, 1.82) is 0 Å². The molecule has 0 fully saturated rings. The van der Waals surface area contributed by atoms with Crippen molar-refractivity contribution >= 4 is 45.8 Å². The average molecular weight is 450 g/mol. The summed E-state index contributed by atoms with van der Waals surface area (Å²) in [6.07, 6.45) is 0. The summed E-state index contributed by atoms with van der Waals surface area (Å²) in [6.45, 7) is 4.07. The van der Waals surface area contributed by atoms with Crippen molar-refractivity contribution in [3.8, 4) is 0 Å². The predicted molar refractivity (Wildman–Crippen MR) is 126 cm³/mol. The fourth-order valence-electron chi connectivity index (χ4n) is 4.05. The van der Waals surface area contributed by atoms with Crippen LogP contribution in [0.2, 0.25) is 5.02 Å². The Bertz CT molecular complexity index is 1190. The van der Waals surface area contributed by atoms with E-state index >= 15 is 0 Å². The topological polar surface area (TPSA) is 69.7 Å². The number of anilines is 1. The number of halogens is 1. The Kier molecular flexibility index (Phi) is 6.15. The SMILES string of the molecule is CCNC(=O)[C@@H](C)N(Cc1ccc(Cl)cc1)C(=O)CN1C(=O)c2cccc3cccc1c23. The smallest absolute Gasteiger partial charge is 0.259 e. The highest BCUT2D eigenvalue weighted by atomic mass is 35.5. The van der Waals surface area contributed by atoms with Gasteiger partial charge in [-0.15, -0.1) is 0 Å². The summed E-state index contributed by atoms with van der Waals surface area (Å²) in [5, 5.41) is 5.18. The molecule has 1 heterocycles. The molecule has 0 radical (unpaired) electrons. The van der Waals surface area contributed by atoms with Crippen LogP contribution in [0.1, 0.15) is 29.8 Å². The van der Waals surface area contributed by atoms with Crippen LogP contribution in [0.5, 0.6) is 0 Å². The van der Waals surface area contributed by atoms with Crippen molar-refractivity contribution in [3.63, 3.8) is 0 Å². The zero-order chi connectivity index (χ0) is 22.8. The lowest BCUT2D eigenvalue weighted by Crippen LogP contribution is -2.50. The van der Waals surface area contributed by atoms with E-state index in [0.717, 1.165) is 16.3 Å². The predicted octanol–water partition coefficient (Wildman–Crippen LogP) is 4.01. The minimum absolute atomic E-state index is 0.149. The molecule has 1 aliphatic rings. The number of carbonyl (C=O) groups excluding carboxylic acids is 3. The van der Waals surface area contributed by atoms with E-state index in [4.69, 9.17) is 11.6 Å². The molecule has 4 rings (SSSR count). The molecule has 0 saturated heterocycles. The van der Waals surface area contributed by atoms with Crippen molar-refractivity contribution in [1.82, 2.24) is 10.2 Å². The maximum atomic E-state index is 13.5. The van der Waals surface area contributed by atoms with Gasteiger partial charge in [-0.1, -0.05) is 48.0 Å². The molecule has 0 aliphatic carbocycles. The van der Waals surface area contributed by atoms with E-state index in [-0.39, 0.29) is 30.8 Å². The molecule has 7 heteroatoms. The molecule has 0 unspecified atom stereocenters. The molecule has 0 bridgehead atoms. The van der Waals surface area contributed by atoms with Crippen LogP contribution in [-0.2, 0) is 16.1 Å². The zero-order valence-corrected chi connectivity index (χ0v) is 18.7. The fraction of sp³-hybridized carbons (Fsp3) is 0.240. The van der Waals surface area contributed by atoms with Gasteiger partial charge in [-0.3, -0.25) is 19.3 Å². The largest absolute Gasteiger partial charge is 0.355 e. The summed E-state index contributed by atoms with van der Waals surface area (Å²) in [4.78, 5) is 42.1. The first-order chi connectivity index (χ1) is 15.4. The van der Waals surface area contributed by atoms with Gasteiger partial charge >= 0.3 is 0 Å². The van der Waals surface area contributed by atoms with Crippen molar-refractivity contribution in [2.45, 2.75) is 26.4 Å². The quantitative estimate of drug-likeness (QED) is 0.592. The molecule has 1 N–H and O–H groups in total. The van der Waals surface area contributed by atoms with Crippen molar-refractivity contribution in [3.05, 3.63) is 76.8 Å². The number of likely N-dealkylation sites (N-methyl/N-ethyl adjacent to an activating group) is 1. The third-order valence-electron chi connectivity index (χ3n) is 5.73. The number of carbonyl (C=O) groups is 3. The number of rotatable bonds is 7. The van der Waals surface area contributed by atoms with Crippen LogP contribution in [0.15, 0.2) is 60.7 Å². The highest BCUT2D eigenvalue weighted by Gasteiger charge is 2.34. The molecular weight excluding hydrogens is 426 g/mol. The summed E-state index contributed by atoms with van der Waals surface area (Å²) in [6, 6.07) is 17.7. The van der Waals surface area contributed by atoms with Gasteiger partial charge in [0.2, 0.25) is 11.8 Å².